The third-order valence-corrected chi connectivity index (χ3v) is 8.43. The quantitative estimate of drug-likeness (QED) is 0.244. The molecule has 8 heteroatoms. The van der Waals surface area contributed by atoms with Crippen molar-refractivity contribution in [3.63, 3.8) is 0 Å². The molecule has 5 rings (SSSR count). The summed E-state index contributed by atoms with van der Waals surface area (Å²) in [6.07, 6.45) is 0.280. The minimum atomic E-state index is -0.753. The first kappa shape index (κ1) is 25.9. The molecule has 0 aliphatic heterocycles. The van der Waals surface area contributed by atoms with Crippen LogP contribution in [0.3, 0.4) is 0 Å². The van der Waals surface area contributed by atoms with E-state index in [9.17, 15) is 14.7 Å². The van der Waals surface area contributed by atoms with Gasteiger partial charge in [-0.05, 0) is 79.0 Å². The number of anilines is 1. The number of ether oxygens (including phenoxy) is 1. The highest BCUT2D eigenvalue weighted by Crippen LogP contribution is 2.48. The van der Waals surface area contributed by atoms with Gasteiger partial charge in [-0.1, -0.05) is 72.3 Å². The number of hydrogen-bond donors (Lipinski definition) is 2. The molecule has 0 saturated heterocycles. The van der Waals surface area contributed by atoms with Gasteiger partial charge in [0.1, 0.15) is 6.10 Å². The van der Waals surface area contributed by atoms with Gasteiger partial charge in [-0.15, -0.1) is 0 Å². The van der Waals surface area contributed by atoms with Crippen molar-refractivity contribution in [3.8, 4) is 21.6 Å². The maximum Gasteiger partial charge on any atom is 0.412 e. The number of carboxylic acids is 1. The highest BCUT2D eigenvalue weighted by atomic mass is 35.5. The number of nitrogens with zero attached hydrogens (tertiary/aromatic N) is 1. The molecule has 4 aromatic rings. The van der Waals surface area contributed by atoms with Crippen LogP contribution >= 0.6 is 23.1 Å². The number of benzene rings is 3. The van der Waals surface area contributed by atoms with Crippen LogP contribution in [0.25, 0.3) is 21.6 Å². The van der Waals surface area contributed by atoms with E-state index in [1.54, 1.807) is 13.0 Å². The molecule has 1 aliphatic carbocycles. The van der Waals surface area contributed by atoms with E-state index in [1.165, 1.54) is 11.5 Å². The first-order valence-electron chi connectivity index (χ1n) is 12.3. The Morgan fingerprint density at radius 3 is 2.37 bits per heavy atom. The Balaban J connectivity index is 1.34. The van der Waals surface area contributed by atoms with Crippen LogP contribution in [0.2, 0.25) is 5.02 Å². The maximum atomic E-state index is 12.8. The molecule has 1 aliphatic rings. The van der Waals surface area contributed by atoms with Gasteiger partial charge < -0.3 is 9.84 Å². The van der Waals surface area contributed by atoms with Gasteiger partial charge in [0.25, 0.3) is 0 Å². The number of aryl methyl sites for hydroxylation is 2. The Bertz CT molecular complexity index is 1530. The lowest BCUT2D eigenvalue weighted by molar-refractivity contribution is -0.140. The molecule has 1 fully saturated rings. The summed E-state index contributed by atoms with van der Waals surface area (Å²) in [5.41, 5.74) is 6.25. The molecular formula is C30H27ClN2O4S. The molecular weight excluding hydrogens is 520 g/mol. The monoisotopic (exact) mass is 546 g/mol. The molecule has 6 nitrogen and oxygen atoms in total. The topological polar surface area (TPSA) is 88.5 Å². The highest BCUT2D eigenvalue weighted by molar-refractivity contribution is 7.10. The number of aliphatic carboxylic acids is 1. The zero-order chi connectivity index (χ0) is 27.0. The molecule has 2 N–H and O–H groups in total. The van der Waals surface area contributed by atoms with Crippen LogP contribution < -0.4 is 5.32 Å². The van der Waals surface area contributed by atoms with Gasteiger partial charge in [0.2, 0.25) is 0 Å². The normalized spacial score (nSPS) is 14.5. The highest BCUT2D eigenvalue weighted by Gasteiger charge is 2.51. The molecule has 1 aromatic heterocycles. The van der Waals surface area contributed by atoms with E-state index in [4.69, 9.17) is 16.3 Å². The fourth-order valence-corrected chi connectivity index (χ4v) is 5.92. The molecule has 0 spiro atoms. The minimum Gasteiger partial charge on any atom is -0.481 e. The fraction of sp³-hybridized carbons (Fsp3) is 0.233. The van der Waals surface area contributed by atoms with Crippen molar-refractivity contribution in [2.24, 2.45) is 0 Å². The van der Waals surface area contributed by atoms with Gasteiger partial charge in [-0.3, -0.25) is 10.1 Å². The Morgan fingerprint density at radius 2 is 1.74 bits per heavy atom. The van der Waals surface area contributed by atoms with Crippen molar-refractivity contribution in [2.45, 2.75) is 45.1 Å². The average Bonchev–Trinajstić information content (AvgIpc) is 3.64. The van der Waals surface area contributed by atoms with E-state index >= 15 is 0 Å². The molecule has 0 unspecified atom stereocenters. The summed E-state index contributed by atoms with van der Waals surface area (Å²) in [7, 11) is 0. The summed E-state index contributed by atoms with van der Waals surface area (Å²) >= 11 is 7.57. The molecule has 1 heterocycles. The van der Waals surface area contributed by atoms with E-state index in [2.05, 4.69) is 15.8 Å². The summed E-state index contributed by atoms with van der Waals surface area (Å²) in [5, 5.41) is 13.0. The molecule has 1 atom stereocenters. The second kappa shape index (κ2) is 10.2. The van der Waals surface area contributed by atoms with Crippen LogP contribution in [0.1, 0.15) is 48.3 Å². The summed E-state index contributed by atoms with van der Waals surface area (Å²) < 4.78 is 10.1. The van der Waals surface area contributed by atoms with Crippen LogP contribution in [0, 0.1) is 13.8 Å². The standard InChI is InChI=1S/C30H27ClN2O4S/c1-17-16-21(20-8-11-22(12-9-20)30(14-15-30)28(34)35)10-13-23(17)27-26(18(2)33-38-27)32-29(36)37-19(3)24-6-4-5-7-25(24)31/h4-13,16,19H,14-15H2,1-3H3,(H,32,36)(H,34,35)/t19-/m1/s1. The lowest BCUT2D eigenvalue weighted by atomic mass is 9.93. The number of hydrogen-bond acceptors (Lipinski definition) is 5. The van der Waals surface area contributed by atoms with E-state index in [1.807, 2.05) is 68.4 Å². The zero-order valence-electron chi connectivity index (χ0n) is 21.2. The van der Waals surface area contributed by atoms with Crippen LogP contribution in [0.4, 0.5) is 10.5 Å². The Kier molecular flexibility index (Phi) is 6.99. The summed E-state index contributed by atoms with van der Waals surface area (Å²) in [6.45, 7) is 5.65. The van der Waals surface area contributed by atoms with Gasteiger partial charge in [0.15, 0.2) is 0 Å². The van der Waals surface area contributed by atoms with Crippen molar-refractivity contribution in [1.82, 2.24) is 4.37 Å². The van der Waals surface area contributed by atoms with Crippen molar-refractivity contribution in [2.75, 3.05) is 5.32 Å². The lowest BCUT2D eigenvalue weighted by Gasteiger charge is -2.16. The van der Waals surface area contributed by atoms with Crippen LogP contribution in [-0.4, -0.2) is 21.5 Å². The third kappa shape index (κ3) is 4.91. The molecule has 1 amide bonds. The first-order chi connectivity index (χ1) is 18.2. The number of amides is 1. The van der Waals surface area contributed by atoms with Gasteiger partial charge in [-0.25, -0.2) is 4.79 Å². The number of halogens is 1. The van der Waals surface area contributed by atoms with Gasteiger partial charge in [0, 0.05) is 10.6 Å². The molecule has 0 bridgehead atoms. The number of aromatic nitrogens is 1. The van der Waals surface area contributed by atoms with Crippen molar-refractivity contribution in [3.05, 3.63) is 94.1 Å². The maximum absolute atomic E-state index is 12.8. The summed E-state index contributed by atoms with van der Waals surface area (Å²) in [5.74, 6) is -0.753. The van der Waals surface area contributed by atoms with E-state index in [0.29, 0.717) is 29.2 Å². The van der Waals surface area contributed by atoms with Crippen molar-refractivity contribution in [1.29, 1.82) is 0 Å². The molecule has 38 heavy (non-hydrogen) atoms. The third-order valence-electron chi connectivity index (χ3n) is 7.12. The van der Waals surface area contributed by atoms with E-state index in [-0.39, 0.29) is 0 Å². The molecule has 0 radical (unpaired) electrons. The Hall–Kier alpha value is -3.68. The Labute approximate surface area is 230 Å². The van der Waals surface area contributed by atoms with E-state index in [0.717, 1.165) is 38.3 Å². The average molecular weight is 547 g/mol. The van der Waals surface area contributed by atoms with Crippen molar-refractivity contribution >= 4 is 40.9 Å². The number of nitrogens with one attached hydrogen (secondary N) is 1. The van der Waals surface area contributed by atoms with Gasteiger partial charge >= 0.3 is 12.1 Å². The Morgan fingerprint density at radius 1 is 1.05 bits per heavy atom. The lowest BCUT2D eigenvalue weighted by Crippen LogP contribution is -2.19. The SMILES string of the molecule is Cc1cc(-c2ccc(C3(C(=O)O)CC3)cc2)ccc1-c1snc(C)c1NC(=O)O[C@H](C)c1ccccc1Cl. The molecule has 194 valence electrons. The molecule has 3 aromatic carbocycles. The number of carbonyl (C=O) groups is 2. The van der Waals surface area contributed by atoms with Gasteiger partial charge in [-0.2, -0.15) is 4.37 Å². The predicted octanol–water partition coefficient (Wildman–Crippen LogP) is 8.17. The van der Waals surface area contributed by atoms with E-state index < -0.39 is 23.6 Å². The number of carbonyl (C=O) groups excluding carboxylic acids is 1. The fourth-order valence-electron chi connectivity index (χ4n) is 4.69. The predicted molar refractivity (Wildman–Crippen MR) is 151 cm³/mol. The van der Waals surface area contributed by atoms with Crippen LogP contribution in [-0.2, 0) is 14.9 Å². The smallest absolute Gasteiger partial charge is 0.412 e. The second-order valence-electron chi connectivity index (χ2n) is 9.66. The summed E-state index contributed by atoms with van der Waals surface area (Å²) in [6, 6.07) is 21.2. The minimum absolute atomic E-state index is 0.517. The summed E-state index contributed by atoms with van der Waals surface area (Å²) in [4.78, 5) is 25.3. The van der Waals surface area contributed by atoms with Crippen LogP contribution in [0.15, 0.2) is 66.7 Å². The first-order valence-corrected chi connectivity index (χ1v) is 13.5. The zero-order valence-corrected chi connectivity index (χ0v) is 22.8. The van der Waals surface area contributed by atoms with Crippen LogP contribution in [0.5, 0.6) is 0 Å². The van der Waals surface area contributed by atoms with Crippen molar-refractivity contribution < 1.29 is 19.4 Å². The number of rotatable bonds is 7. The second-order valence-corrected chi connectivity index (χ2v) is 10.8. The number of carboxylic acid groups (broad SMARTS) is 1. The molecule has 1 saturated carbocycles. The van der Waals surface area contributed by atoms with Gasteiger partial charge in [0.05, 0.1) is 21.7 Å². The largest absolute Gasteiger partial charge is 0.481 e.